The van der Waals surface area contributed by atoms with Crippen molar-refractivity contribution < 1.29 is 0 Å². The van der Waals surface area contributed by atoms with Gasteiger partial charge in [-0.3, -0.25) is 0 Å². The van der Waals surface area contributed by atoms with E-state index in [9.17, 15) is 0 Å². The van der Waals surface area contributed by atoms with Crippen LogP contribution < -0.4 is 5.32 Å². The van der Waals surface area contributed by atoms with E-state index in [1.165, 1.54) is 6.33 Å². The maximum atomic E-state index is 8.95. The number of nitrogens with one attached hydrogen (secondary N) is 1. The maximum absolute atomic E-state index is 8.95. The average Bonchev–Trinajstić information content (AvgIpc) is 2.38. The normalized spacial score (nSPS) is 9.65. The van der Waals surface area contributed by atoms with Gasteiger partial charge in [-0.1, -0.05) is 11.6 Å². The molecule has 0 saturated heterocycles. The van der Waals surface area contributed by atoms with Crippen molar-refractivity contribution in [3.8, 4) is 6.07 Å². The molecule has 5 heteroatoms. The highest BCUT2D eigenvalue weighted by atomic mass is 35.5. The zero-order chi connectivity index (χ0) is 12.1. The monoisotopic (exact) mass is 244 g/mol. The van der Waals surface area contributed by atoms with Gasteiger partial charge in [0.25, 0.3) is 0 Å². The van der Waals surface area contributed by atoms with Crippen LogP contribution in [0.1, 0.15) is 11.3 Å². The molecule has 2 rings (SSSR count). The van der Waals surface area contributed by atoms with Gasteiger partial charge in [-0.2, -0.15) is 5.26 Å². The number of hydrogen-bond acceptors (Lipinski definition) is 4. The van der Waals surface area contributed by atoms with Crippen LogP contribution in [-0.2, 0) is 6.54 Å². The average molecular weight is 245 g/mol. The van der Waals surface area contributed by atoms with Gasteiger partial charge < -0.3 is 5.32 Å². The molecule has 0 amide bonds. The number of nitriles is 1. The summed E-state index contributed by atoms with van der Waals surface area (Å²) in [7, 11) is 0. The van der Waals surface area contributed by atoms with Crippen LogP contribution >= 0.6 is 11.6 Å². The minimum Gasteiger partial charge on any atom is -0.378 e. The van der Waals surface area contributed by atoms with E-state index in [4.69, 9.17) is 16.9 Å². The Kier molecular flexibility index (Phi) is 3.53. The second-order valence-corrected chi connectivity index (χ2v) is 3.79. The van der Waals surface area contributed by atoms with E-state index < -0.39 is 0 Å². The van der Waals surface area contributed by atoms with Gasteiger partial charge in [-0.25, -0.2) is 9.97 Å². The van der Waals surface area contributed by atoms with Crippen molar-refractivity contribution in [1.82, 2.24) is 9.97 Å². The summed E-state index contributed by atoms with van der Waals surface area (Å²) in [6.45, 7) is 0.525. The summed E-state index contributed by atoms with van der Waals surface area (Å²) in [5, 5.41) is 12.7. The van der Waals surface area contributed by atoms with Gasteiger partial charge in [0.1, 0.15) is 12.4 Å². The van der Waals surface area contributed by atoms with Gasteiger partial charge in [0.05, 0.1) is 23.5 Å². The molecule has 0 unspecified atom stereocenters. The SMILES string of the molecule is N#Cc1ccc(Cl)cc1NCc1ccncn1. The molecule has 0 aliphatic rings. The van der Waals surface area contributed by atoms with E-state index in [0.717, 1.165) is 5.69 Å². The minimum atomic E-state index is 0.525. The molecule has 84 valence electrons. The third kappa shape index (κ3) is 2.92. The molecule has 0 saturated carbocycles. The van der Waals surface area contributed by atoms with Crippen LogP contribution in [0.15, 0.2) is 36.8 Å². The second kappa shape index (κ2) is 5.28. The lowest BCUT2D eigenvalue weighted by molar-refractivity contribution is 1.01. The summed E-state index contributed by atoms with van der Waals surface area (Å²) in [5.41, 5.74) is 2.12. The fourth-order valence-electron chi connectivity index (χ4n) is 1.37. The van der Waals surface area contributed by atoms with Crippen LogP contribution in [0.3, 0.4) is 0 Å². The molecule has 0 atom stereocenters. The number of rotatable bonds is 3. The third-order valence-corrected chi connectivity index (χ3v) is 2.44. The van der Waals surface area contributed by atoms with Crippen LogP contribution in [0, 0.1) is 11.3 Å². The largest absolute Gasteiger partial charge is 0.378 e. The molecule has 0 spiro atoms. The van der Waals surface area contributed by atoms with Gasteiger partial charge in [-0.15, -0.1) is 0 Å². The maximum Gasteiger partial charge on any atom is 0.115 e. The molecule has 1 heterocycles. The summed E-state index contributed by atoms with van der Waals surface area (Å²) in [6, 6.07) is 9.01. The van der Waals surface area contributed by atoms with Crippen molar-refractivity contribution in [3.63, 3.8) is 0 Å². The molecular weight excluding hydrogens is 236 g/mol. The Hall–Kier alpha value is -2.12. The van der Waals surface area contributed by atoms with E-state index in [1.54, 1.807) is 24.4 Å². The summed E-state index contributed by atoms with van der Waals surface area (Å²) in [6.07, 6.45) is 3.16. The Bertz CT molecular complexity index is 548. The van der Waals surface area contributed by atoms with Crippen LogP contribution in [0.4, 0.5) is 5.69 Å². The molecule has 0 aliphatic carbocycles. The number of nitrogens with zero attached hydrogens (tertiary/aromatic N) is 3. The molecule has 0 fully saturated rings. The summed E-state index contributed by atoms with van der Waals surface area (Å²) < 4.78 is 0. The van der Waals surface area contributed by atoms with E-state index in [-0.39, 0.29) is 0 Å². The van der Waals surface area contributed by atoms with Crippen LogP contribution in [0.2, 0.25) is 5.02 Å². The van der Waals surface area contributed by atoms with Crippen molar-refractivity contribution >= 4 is 17.3 Å². The third-order valence-electron chi connectivity index (χ3n) is 2.21. The first-order valence-electron chi connectivity index (χ1n) is 4.98. The second-order valence-electron chi connectivity index (χ2n) is 3.36. The number of anilines is 1. The van der Waals surface area contributed by atoms with Crippen molar-refractivity contribution in [1.29, 1.82) is 5.26 Å². The fraction of sp³-hybridized carbons (Fsp3) is 0.0833. The van der Waals surface area contributed by atoms with Gasteiger partial charge in [0, 0.05) is 11.2 Å². The zero-order valence-electron chi connectivity index (χ0n) is 8.89. The van der Waals surface area contributed by atoms with Crippen LogP contribution in [-0.4, -0.2) is 9.97 Å². The topological polar surface area (TPSA) is 61.6 Å². The summed E-state index contributed by atoms with van der Waals surface area (Å²) in [4.78, 5) is 7.92. The number of halogens is 1. The standard InChI is InChI=1S/C12H9ClN4/c13-10-2-1-9(6-14)12(5-10)16-7-11-3-4-15-8-17-11/h1-5,8,16H,7H2. The van der Waals surface area contributed by atoms with E-state index in [0.29, 0.717) is 22.8 Å². The molecule has 4 nitrogen and oxygen atoms in total. The van der Waals surface area contributed by atoms with Crippen molar-refractivity contribution in [2.24, 2.45) is 0 Å². The highest BCUT2D eigenvalue weighted by Crippen LogP contribution is 2.20. The molecule has 1 N–H and O–H groups in total. The Morgan fingerprint density at radius 1 is 1.35 bits per heavy atom. The van der Waals surface area contributed by atoms with Crippen molar-refractivity contribution in [2.45, 2.75) is 6.54 Å². The van der Waals surface area contributed by atoms with Crippen molar-refractivity contribution in [2.75, 3.05) is 5.32 Å². The van der Waals surface area contributed by atoms with Gasteiger partial charge >= 0.3 is 0 Å². The Labute approximate surface area is 104 Å². The summed E-state index contributed by atoms with van der Waals surface area (Å²) in [5.74, 6) is 0. The Balaban J connectivity index is 2.14. The lowest BCUT2D eigenvalue weighted by atomic mass is 10.2. The first kappa shape index (κ1) is 11.4. The van der Waals surface area contributed by atoms with Gasteiger partial charge in [0.15, 0.2) is 0 Å². The highest BCUT2D eigenvalue weighted by Gasteiger charge is 2.02. The lowest BCUT2D eigenvalue weighted by Gasteiger charge is -2.07. The molecular formula is C12H9ClN4. The van der Waals surface area contributed by atoms with Crippen LogP contribution in [0.25, 0.3) is 0 Å². The fourth-order valence-corrected chi connectivity index (χ4v) is 1.54. The Morgan fingerprint density at radius 3 is 2.94 bits per heavy atom. The summed E-state index contributed by atoms with van der Waals surface area (Å²) >= 11 is 5.88. The first-order valence-corrected chi connectivity index (χ1v) is 5.36. The van der Waals surface area contributed by atoms with Gasteiger partial charge in [-0.05, 0) is 24.3 Å². The number of aromatic nitrogens is 2. The minimum absolute atomic E-state index is 0.525. The first-order chi connectivity index (χ1) is 8.29. The Morgan fingerprint density at radius 2 is 2.24 bits per heavy atom. The lowest BCUT2D eigenvalue weighted by Crippen LogP contribution is -2.03. The number of benzene rings is 1. The zero-order valence-corrected chi connectivity index (χ0v) is 9.65. The molecule has 0 aliphatic heterocycles. The molecule has 17 heavy (non-hydrogen) atoms. The molecule has 2 aromatic rings. The van der Waals surface area contributed by atoms with Crippen molar-refractivity contribution in [3.05, 3.63) is 53.1 Å². The number of hydrogen-bond donors (Lipinski definition) is 1. The predicted molar refractivity (Wildman–Crippen MR) is 65.5 cm³/mol. The smallest absolute Gasteiger partial charge is 0.115 e. The van der Waals surface area contributed by atoms with Gasteiger partial charge in [0.2, 0.25) is 0 Å². The molecule has 0 radical (unpaired) electrons. The van der Waals surface area contributed by atoms with E-state index >= 15 is 0 Å². The predicted octanol–water partition coefficient (Wildman–Crippen LogP) is 2.61. The molecule has 1 aromatic carbocycles. The van der Waals surface area contributed by atoms with E-state index in [2.05, 4.69) is 21.4 Å². The highest BCUT2D eigenvalue weighted by molar-refractivity contribution is 6.30. The quantitative estimate of drug-likeness (QED) is 0.902. The van der Waals surface area contributed by atoms with E-state index in [1.807, 2.05) is 6.07 Å². The molecule has 0 bridgehead atoms. The van der Waals surface area contributed by atoms with Crippen LogP contribution in [0.5, 0.6) is 0 Å². The molecule has 1 aromatic heterocycles.